The third kappa shape index (κ3) is 2.18. The molecule has 2 nitrogen and oxygen atoms in total. The minimum Gasteiger partial charge on any atom is -0.321 e. The van der Waals surface area contributed by atoms with Gasteiger partial charge in [0.1, 0.15) is 5.82 Å². The second kappa shape index (κ2) is 5.34. The summed E-state index contributed by atoms with van der Waals surface area (Å²) in [5.41, 5.74) is 2.14. The predicted molar refractivity (Wildman–Crippen MR) is 94.5 cm³/mol. The Bertz CT molecular complexity index is 891. The van der Waals surface area contributed by atoms with Gasteiger partial charge in [-0.3, -0.25) is 0 Å². The third-order valence-electron chi connectivity index (χ3n) is 3.67. The van der Waals surface area contributed by atoms with Crippen LogP contribution >= 0.6 is 23.4 Å². The zero-order valence-corrected chi connectivity index (χ0v) is 13.4. The normalized spacial score (nSPS) is 12.9. The van der Waals surface area contributed by atoms with Crippen LogP contribution in [0, 0.1) is 0 Å². The van der Waals surface area contributed by atoms with Gasteiger partial charge in [0, 0.05) is 21.8 Å². The molecule has 0 bridgehead atoms. The minimum absolute atomic E-state index is 0.716. The Kier molecular flexibility index (Phi) is 3.32. The number of pyridine rings is 1. The quantitative estimate of drug-likeness (QED) is 0.564. The number of aromatic nitrogens is 1. The minimum atomic E-state index is 0.716. The van der Waals surface area contributed by atoms with E-state index in [4.69, 9.17) is 16.6 Å². The van der Waals surface area contributed by atoms with Crippen LogP contribution in [0.25, 0.3) is 10.9 Å². The third-order valence-corrected chi connectivity index (χ3v) is 4.97. The molecule has 0 atom stereocenters. The van der Waals surface area contributed by atoms with Crippen molar-refractivity contribution in [2.45, 2.75) is 9.79 Å². The molecule has 108 valence electrons. The topological polar surface area (TPSA) is 16.1 Å². The summed E-state index contributed by atoms with van der Waals surface area (Å²) in [6.07, 6.45) is 1.90. The van der Waals surface area contributed by atoms with Crippen LogP contribution in [-0.2, 0) is 0 Å². The smallest absolute Gasteiger partial charge is 0.148 e. The van der Waals surface area contributed by atoms with Crippen molar-refractivity contribution < 1.29 is 0 Å². The number of halogens is 1. The van der Waals surface area contributed by atoms with Crippen LogP contribution in [-0.4, -0.2) is 11.5 Å². The number of rotatable bonds is 2. The monoisotopic (exact) mass is 324 g/mol. The molecule has 0 fully saturated rings. The van der Waals surface area contributed by atoms with Crippen molar-refractivity contribution in [3.8, 4) is 0 Å². The van der Waals surface area contributed by atoms with Crippen molar-refractivity contribution in [1.82, 2.24) is 4.98 Å². The Morgan fingerprint density at radius 1 is 1.14 bits per heavy atom. The van der Waals surface area contributed by atoms with Gasteiger partial charge >= 0.3 is 0 Å². The van der Waals surface area contributed by atoms with E-state index in [9.17, 15) is 0 Å². The largest absolute Gasteiger partial charge is 0.321 e. The molecule has 0 spiro atoms. The molecule has 0 aliphatic carbocycles. The molecule has 22 heavy (non-hydrogen) atoms. The van der Waals surface area contributed by atoms with Gasteiger partial charge in [0.15, 0.2) is 0 Å². The lowest BCUT2D eigenvalue weighted by Crippen LogP contribution is -2.21. The van der Waals surface area contributed by atoms with Gasteiger partial charge < -0.3 is 4.90 Å². The van der Waals surface area contributed by atoms with Gasteiger partial charge in [0.25, 0.3) is 0 Å². The van der Waals surface area contributed by atoms with Crippen molar-refractivity contribution in [2.75, 3.05) is 11.4 Å². The molecule has 0 amide bonds. The first-order chi connectivity index (χ1) is 10.8. The summed E-state index contributed by atoms with van der Waals surface area (Å²) in [5, 5.41) is 1.90. The van der Waals surface area contributed by atoms with Gasteiger partial charge in [-0.25, -0.2) is 4.98 Å². The predicted octanol–water partition coefficient (Wildman–Crippen LogP) is 5.68. The molecule has 0 N–H and O–H groups in total. The summed E-state index contributed by atoms with van der Waals surface area (Å²) in [6, 6.07) is 16.4. The summed E-state index contributed by atoms with van der Waals surface area (Å²) >= 11 is 7.87. The molecule has 4 rings (SSSR count). The zero-order chi connectivity index (χ0) is 15.1. The summed E-state index contributed by atoms with van der Waals surface area (Å²) in [7, 11) is 0. The van der Waals surface area contributed by atoms with Crippen LogP contribution in [0.15, 0.2) is 71.0 Å². The Hall–Kier alpha value is -1.97. The van der Waals surface area contributed by atoms with Crippen LogP contribution in [0.2, 0.25) is 5.02 Å². The second-order valence-electron chi connectivity index (χ2n) is 5.12. The SMILES string of the molecule is C=CCN1c2ccc(Cl)cc2Sc2cc3ccccc3nc21. The summed E-state index contributed by atoms with van der Waals surface area (Å²) < 4.78 is 0. The van der Waals surface area contributed by atoms with E-state index in [0.717, 1.165) is 37.2 Å². The van der Waals surface area contributed by atoms with Crippen molar-refractivity contribution in [3.05, 3.63) is 66.2 Å². The molecule has 0 unspecified atom stereocenters. The van der Waals surface area contributed by atoms with Gasteiger partial charge in [-0.15, -0.1) is 6.58 Å². The Labute approximate surface area is 138 Å². The number of para-hydroxylation sites is 1. The summed E-state index contributed by atoms with van der Waals surface area (Å²) in [5.74, 6) is 0.985. The van der Waals surface area contributed by atoms with E-state index in [1.54, 1.807) is 11.8 Å². The van der Waals surface area contributed by atoms with Crippen LogP contribution in [0.4, 0.5) is 11.5 Å². The standard InChI is InChI=1S/C18H13ClN2S/c1-2-9-21-15-8-7-13(19)11-16(15)22-17-10-12-5-3-4-6-14(12)20-18(17)21/h2-8,10-11H,1,9H2. The maximum absolute atomic E-state index is 6.16. The molecule has 0 saturated carbocycles. The molecule has 0 saturated heterocycles. The van der Waals surface area contributed by atoms with E-state index in [1.807, 2.05) is 42.5 Å². The van der Waals surface area contributed by atoms with E-state index in [0.29, 0.717) is 6.54 Å². The van der Waals surface area contributed by atoms with E-state index in [1.165, 1.54) is 0 Å². The lowest BCUT2D eigenvalue weighted by Gasteiger charge is -2.31. The number of hydrogen-bond acceptors (Lipinski definition) is 3. The van der Waals surface area contributed by atoms with Crippen molar-refractivity contribution in [3.63, 3.8) is 0 Å². The highest BCUT2D eigenvalue weighted by molar-refractivity contribution is 7.99. The van der Waals surface area contributed by atoms with E-state index in [-0.39, 0.29) is 0 Å². The summed E-state index contributed by atoms with van der Waals surface area (Å²) in [4.78, 5) is 9.35. The molecule has 0 radical (unpaired) electrons. The van der Waals surface area contributed by atoms with Gasteiger partial charge in [0.2, 0.25) is 0 Å². The highest BCUT2D eigenvalue weighted by Crippen LogP contribution is 2.48. The molecule has 1 aliphatic rings. The van der Waals surface area contributed by atoms with Crippen LogP contribution < -0.4 is 4.90 Å². The highest BCUT2D eigenvalue weighted by Gasteiger charge is 2.24. The Morgan fingerprint density at radius 2 is 2.00 bits per heavy atom. The molecular weight excluding hydrogens is 312 g/mol. The van der Waals surface area contributed by atoms with E-state index >= 15 is 0 Å². The van der Waals surface area contributed by atoms with Crippen LogP contribution in [0.5, 0.6) is 0 Å². The first-order valence-corrected chi connectivity index (χ1v) is 8.21. The number of fused-ring (bicyclic) bond motifs is 3. The maximum atomic E-state index is 6.16. The Morgan fingerprint density at radius 3 is 2.86 bits per heavy atom. The lowest BCUT2D eigenvalue weighted by atomic mass is 10.2. The number of benzene rings is 2. The van der Waals surface area contributed by atoms with E-state index in [2.05, 4.69) is 23.6 Å². The molecular formula is C18H13ClN2S. The molecule has 4 heteroatoms. The fraction of sp³-hybridized carbons (Fsp3) is 0.0556. The Balaban J connectivity index is 1.96. The van der Waals surface area contributed by atoms with Crippen molar-refractivity contribution in [1.29, 1.82) is 0 Å². The van der Waals surface area contributed by atoms with Crippen molar-refractivity contribution in [2.24, 2.45) is 0 Å². The van der Waals surface area contributed by atoms with Crippen LogP contribution in [0.3, 0.4) is 0 Å². The summed E-state index contributed by atoms with van der Waals surface area (Å²) in [6.45, 7) is 4.59. The molecule has 1 aliphatic heterocycles. The lowest BCUT2D eigenvalue weighted by molar-refractivity contribution is 0.999. The fourth-order valence-electron chi connectivity index (χ4n) is 2.69. The highest BCUT2D eigenvalue weighted by atomic mass is 35.5. The first-order valence-electron chi connectivity index (χ1n) is 7.02. The van der Waals surface area contributed by atoms with Crippen LogP contribution in [0.1, 0.15) is 0 Å². The van der Waals surface area contributed by atoms with Gasteiger partial charge in [0.05, 0.1) is 16.1 Å². The molecule has 2 aromatic carbocycles. The zero-order valence-electron chi connectivity index (χ0n) is 11.8. The number of hydrogen-bond donors (Lipinski definition) is 0. The average Bonchev–Trinajstić information content (AvgIpc) is 2.53. The van der Waals surface area contributed by atoms with Gasteiger partial charge in [-0.05, 0) is 30.3 Å². The van der Waals surface area contributed by atoms with Crippen molar-refractivity contribution >= 4 is 45.8 Å². The van der Waals surface area contributed by atoms with Gasteiger partial charge in [-0.2, -0.15) is 0 Å². The number of nitrogens with zero attached hydrogens (tertiary/aromatic N) is 2. The second-order valence-corrected chi connectivity index (χ2v) is 6.64. The molecule has 3 aromatic rings. The van der Waals surface area contributed by atoms with Gasteiger partial charge in [-0.1, -0.05) is 47.6 Å². The average molecular weight is 325 g/mol. The molecule has 1 aromatic heterocycles. The fourth-order valence-corrected chi connectivity index (χ4v) is 4.07. The molecule has 2 heterocycles. The van der Waals surface area contributed by atoms with E-state index < -0.39 is 0 Å². The first kappa shape index (κ1) is 13.7. The number of anilines is 2. The maximum Gasteiger partial charge on any atom is 0.148 e.